The maximum Gasteiger partial charge on any atom is 0.250 e. The van der Waals surface area contributed by atoms with Crippen molar-refractivity contribution >= 4 is 23.2 Å². The van der Waals surface area contributed by atoms with Gasteiger partial charge in [-0.15, -0.1) is 0 Å². The van der Waals surface area contributed by atoms with Gasteiger partial charge in [0.05, 0.1) is 6.61 Å². The lowest BCUT2D eigenvalue weighted by atomic mass is 10.2. The minimum absolute atomic E-state index is 0.0248. The highest BCUT2D eigenvalue weighted by Gasteiger charge is 2.07. The van der Waals surface area contributed by atoms with Crippen LogP contribution < -0.4 is 16.4 Å². The van der Waals surface area contributed by atoms with Crippen LogP contribution in [0, 0.1) is 5.92 Å². The molecule has 0 bridgehead atoms. The van der Waals surface area contributed by atoms with Crippen molar-refractivity contribution in [3.05, 3.63) is 24.3 Å². The molecule has 0 radical (unpaired) electrons. The second kappa shape index (κ2) is 8.29. The molecule has 0 aromatic heterocycles. The van der Waals surface area contributed by atoms with Crippen LogP contribution in [0.25, 0.3) is 0 Å². The highest BCUT2D eigenvalue weighted by atomic mass is 16.5. The maximum absolute atomic E-state index is 11.5. The maximum atomic E-state index is 11.5. The lowest BCUT2D eigenvalue weighted by Gasteiger charge is -2.09. The standard InChI is InChI=1S/C14H21N3O3/c1-10(2)14(19)17-12-5-3-11(4-6-12)16-13(18)9-20-8-7-15/h3-6,10H,7-9,15H2,1-2H3,(H,16,18)(H,17,19). The number of nitrogens with two attached hydrogens (primary N) is 1. The first kappa shape index (κ1) is 16.1. The first-order valence-electron chi connectivity index (χ1n) is 6.51. The molecule has 0 aliphatic heterocycles. The summed E-state index contributed by atoms with van der Waals surface area (Å²) in [4.78, 5) is 23.0. The minimum Gasteiger partial charge on any atom is -0.370 e. The van der Waals surface area contributed by atoms with Crippen LogP contribution in [-0.4, -0.2) is 31.6 Å². The minimum atomic E-state index is -0.239. The lowest BCUT2D eigenvalue weighted by molar-refractivity contribution is -0.120. The SMILES string of the molecule is CC(C)C(=O)Nc1ccc(NC(=O)COCCN)cc1. The Bertz CT molecular complexity index is 443. The molecule has 20 heavy (non-hydrogen) atoms. The summed E-state index contributed by atoms with van der Waals surface area (Å²) in [5.41, 5.74) is 6.60. The van der Waals surface area contributed by atoms with Gasteiger partial charge in [0.25, 0.3) is 0 Å². The van der Waals surface area contributed by atoms with E-state index in [-0.39, 0.29) is 24.3 Å². The van der Waals surface area contributed by atoms with Gasteiger partial charge in [-0.05, 0) is 24.3 Å². The van der Waals surface area contributed by atoms with Crippen LogP contribution >= 0.6 is 0 Å². The Balaban J connectivity index is 2.46. The summed E-state index contributed by atoms with van der Waals surface area (Å²) < 4.78 is 5.03. The molecule has 0 fully saturated rings. The number of hydrogen-bond acceptors (Lipinski definition) is 4. The quantitative estimate of drug-likeness (QED) is 0.654. The molecule has 0 spiro atoms. The molecule has 1 rings (SSSR count). The summed E-state index contributed by atoms with van der Waals surface area (Å²) in [6, 6.07) is 6.90. The Morgan fingerprint density at radius 3 is 2.20 bits per heavy atom. The Morgan fingerprint density at radius 2 is 1.70 bits per heavy atom. The average Bonchev–Trinajstić information content (AvgIpc) is 2.41. The molecule has 6 heteroatoms. The zero-order valence-corrected chi connectivity index (χ0v) is 11.8. The van der Waals surface area contributed by atoms with Crippen molar-refractivity contribution in [2.75, 3.05) is 30.4 Å². The van der Waals surface area contributed by atoms with Gasteiger partial charge in [-0.1, -0.05) is 13.8 Å². The van der Waals surface area contributed by atoms with Gasteiger partial charge in [0, 0.05) is 23.8 Å². The third kappa shape index (κ3) is 5.81. The molecule has 0 aliphatic carbocycles. The zero-order chi connectivity index (χ0) is 15.0. The fourth-order valence-electron chi connectivity index (χ4n) is 1.37. The predicted octanol–water partition coefficient (Wildman–Crippen LogP) is 1.19. The van der Waals surface area contributed by atoms with Crippen LogP contribution in [0.1, 0.15) is 13.8 Å². The van der Waals surface area contributed by atoms with E-state index in [1.165, 1.54) is 0 Å². The van der Waals surface area contributed by atoms with Crippen molar-refractivity contribution in [2.24, 2.45) is 11.7 Å². The van der Waals surface area contributed by atoms with E-state index >= 15 is 0 Å². The molecule has 0 atom stereocenters. The first-order valence-corrected chi connectivity index (χ1v) is 6.51. The molecule has 0 saturated heterocycles. The van der Waals surface area contributed by atoms with Crippen LogP contribution in [0.5, 0.6) is 0 Å². The topological polar surface area (TPSA) is 93.5 Å². The van der Waals surface area contributed by atoms with E-state index < -0.39 is 0 Å². The van der Waals surface area contributed by atoms with Crippen molar-refractivity contribution in [1.82, 2.24) is 0 Å². The molecule has 0 heterocycles. The normalized spacial score (nSPS) is 10.4. The monoisotopic (exact) mass is 279 g/mol. The molecule has 0 saturated carbocycles. The molecule has 1 aromatic carbocycles. The van der Waals surface area contributed by atoms with Crippen LogP contribution in [0.4, 0.5) is 11.4 Å². The molecule has 110 valence electrons. The van der Waals surface area contributed by atoms with E-state index in [1.807, 2.05) is 13.8 Å². The van der Waals surface area contributed by atoms with E-state index in [0.717, 1.165) is 0 Å². The highest BCUT2D eigenvalue weighted by Crippen LogP contribution is 2.14. The van der Waals surface area contributed by atoms with Crippen LogP contribution in [0.2, 0.25) is 0 Å². The number of rotatable bonds is 7. The first-order chi connectivity index (χ1) is 9.52. The van der Waals surface area contributed by atoms with Gasteiger partial charge in [0.2, 0.25) is 11.8 Å². The summed E-state index contributed by atoms with van der Waals surface area (Å²) in [6.45, 7) is 4.37. The molecule has 6 nitrogen and oxygen atoms in total. The van der Waals surface area contributed by atoms with E-state index in [1.54, 1.807) is 24.3 Å². The van der Waals surface area contributed by atoms with E-state index in [9.17, 15) is 9.59 Å². The van der Waals surface area contributed by atoms with Crippen LogP contribution in [-0.2, 0) is 14.3 Å². The number of carbonyl (C=O) groups excluding carboxylic acids is 2. The van der Waals surface area contributed by atoms with Gasteiger partial charge in [-0.3, -0.25) is 9.59 Å². The number of anilines is 2. The smallest absolute Gasteiger partial charge is 0.250 e. The van der Waals surface area contributed by atoms with Gasteiger partial charge in [0.15, 0.2) is 0 Å². The number of carbonyl (C=O) groups is 2. The third-order valence-electron chi connectivity index (χ3n) is 2.46. The Morgan fingerprint density at radius 1 is 1.15 bits per heavy atom. The molecule has 1 aromatic rings. The summed E-state index contributed by atoms with van der Waals surface area (Å²) in [5.74, 6) is -0.358. The zero-order valence-electron chi connectivity index (χ0n) is 11.8. The number of nitrogens with one attached hydrogen (secondary N) is 2. The van der Waals surface area contributed by atoms with Gasteiger partial charge in [-0.25, -0.2) is 0 Å². The lowest BCUT2D eigenvalue weighted by Crippen LogP contribution is -2.21. The summed E-state index contributed by atoms with van der Waals surface area (Å²) in [5, 5.41) is 5.46. The highest BCUT2D eigenvalue weighted by molar-refractivity contribution is 5.94. The number of ether oxygens (including phenoxy) is 1. The Hall–Kier alpha value is -1.92. The molecule has 2 amide bonds. The molecule has 0 aliphatic rings. The Labute approximate surface area is 118 Å². The fourth-order valence-corrected chi connectivity index (χ4v) is 1.37. The summed E-state index contributed by atoms with van der Waals surface area (Å²) in [7, 11) is 0. The van der Waals surface area contributed by atoms with Crippen molar-refractivity contribution < 1.29 is 14.3 Å². The molecule has 0 unspecified atom stereocenters. The van der Waals surface area contributed by atoms with Crippen LogP contribution in [0.3, 0.4) is 0 Å². The van der Waals surface area contributed by atoms with E-state index in [0.29, 0.717) is 24.5 Å². The molecular weight excluding hydrogens is 258 g/mol. The van der Waals surface area contributed by atoms with Crippen LogP contribution in [0.15, 0.2) is 24.3 Å². The van der Waals surface area contributed by atoms with Gasteiger partial charge in [-0.2, -0.15) is 0 Å². The Kier molecular flexibility index (Phi) is 6.69. The average molecular weight is 279 g/mol. The van der Waals surface area contributed by atoms with Gasteiger partial charge in [0.1, 0.15) is 6.61 Å². The van der Waals surface area contributed by atoms with E-state index in [4.69, 9.17) is 10.5 Å². The molecule has 4 N–H and O–H groups in total. The second-order valence-corrected chi connectivity index (χ2v) is 4.61. The van der Waals surface area contributed by atoms with E-state index in [2.05, 4.69) is 10.6 Å². The predicted molar refractivity (Wildman–Crippen MR) is 78.4 cm³/mol. The number of amides is 2. The third-order valence-corrected chi connectivity index (χ3v) is 2.46. The molecular formula is C14H21N3O3. The summed E-state index contributed by atoms with van der Waals surface area (Å²) >= 11 is 0. The largest absolute Gasteiger partial charge is 0.370 e. The summed E-state index contributed by atoms with van der Waals surface area (Å²) in [6.07, 6.45) is 0. The second-order valence-electron chi connectivity index (χ2n) is 4.61. The van der Waals surface area contributed by atoms with Crippen molar-refractivity contribution in [3.8, 4) is 0 Å². The van der Waals surface area contributed by atoms with Crippen molar-refractivity contribution in [1.29, 1.82) is 0 Å². The van der Waals surface area contributed by atoms with Crippen molar-refractivity contribution in [3.63, 3.8) is 0 Å². The number of benzene rings is 1. The van der Waals surface area contributed by atoms with Gasteiger partial charge >= 0.3 is 0 Å². The number of hydrogen-bond donors (Lipinski definition) is 3. The van der Waals surface area contributed by atoms with Crippen molar-refractivity contribution in [2.45, 2.75) is 13.8 Å². The van der Waals surface area contributed by atoms with Gasteiger partial charge < -0.3 is 21.1 Å². The fraction of sp³-hybridized carbons (Fsp3) is 0.429.